The minimum atomic E-state index is -0.115. The van der Waals surface area contributed by atoms with Crippen LogP contribution in [0.2, 0.25) is 0 Å². The standard InChI is InChI=1S/C24H26N6O2/c1-15-12-26-19(13-25-15)23(31)30-17-9-10-18(30)14-29-20(11-17)21(24(32)28(2)3)27-22(29)16-7-5-4-6-8-16/h4-8,12-13,17-18H,9-11,14H2,1-3H3/t17-,18+/m0/s1. The molecule has 2 bridgehead atoms. The highest BCUT2D eigenvalue weighted by Crippen LogP contribution is 2.36. The van der Waals surface area contributed by atoms with Gasteiger partial charge in [-0.3, -0.25) is 14.6 Å². The quantitative estimate of drug-likeness (QED) is 0.638. The van der Waals surface area contributed by atoms with Gasteiger partial charge < -0.3 is 14.4 Å². The van der Waals surface area contributed by atoms with Crippen LogP contribution in [0, 0.1) is 6.92 Å². The van der Waals surface area contributed by atoms with E-state index < -0.39 is 0 Å². The Labute approximate surface area is 186 Å². The fourth-order valence-corrected chi connectivity index (χ4v) is 4.82. The molecule has 0 radical (unpaired) electrons. The van der Waals surface area contributed by atoms with E-state index >= 15 is 0 Å². The van der Waals surface area contributed by atoms with E-state index in [1.165, 1.54) is 0 Å². The number of rotatable bonds is 3. The molecular weight excluding hydrogens is 404 g/mol. The van der Waals surface area contributed by atoms with E-state index in [-0.39, 0.29) is 23.9 Å². The Morgan fingerprint density at radius 2 is 1.78 bits per heavy atom. The zero-order valence-corrected chi connectivity index (χ0v) is 18.5. The van der Waals surface area contributed by atoms with Crippen LogP contribution < -0.4 is 0 Å². The Bertz CT molecular complexity index is 1170. The van der Waals surface area contributed by atoms with Crippen molar-refractivity contribution in [3.8, 4) is 11.4 Å². The van der Waals surface area contributed by atoms with E-state index in [2.05, 4.69) is 14.5 Å². The Kier molecular flexibility index (Phi) is 5.00. The second kappa shape index (κ2) is 7.85. The van der Waals surface area contributed by atoms with Crippen LogP contribution in [-0.2, 0) is 13.0 Å². The molecule has 8 nitrogen and oxygen atoms in total. The van der Waals surface area contributed by atoms with E-state index in [0.717, 1.165) is 35.6 Å². The van der Waals surface area contributed by atoms with Crippen LogP contribution in [0.25, 0.3) is 11.4 Å². The van der Waals surface area contributed by atoms with Crippen molar-refractivity contribution in [2.45, 2.75) is 44.8 Å². The van der Waals surface area contributed by atoms with Crippen molar-refractivity contribution in [1.82, 2.24) is 29.3 Å². The van der Waals surface area contributed by atoms with Crippen molar-refractivity contribution < 1.29 is 9.59 Å². The summed E-state index contributed by atoms with van der Waals surface area (Å²) in [6.07, 6.45) is 5.59. The number of carbonyl (C=O) groups excluding carboxylic acids is 2. The maximum absolute atomic E-state index is 13.4. The van der Waals surface area contributed by atoms with Gasteiger partial charge in [-0.2, -0.15) is 0 Å². The summed E-state index contributed by atoms with van der Waals surface area (Å²) < 4.78 is 2.15. The molecule has 8 heteroatoms. The molecule has 2 aromatic heterocycles. The lowest BCUT2D eigenvalue weighted by atomic mass is 10.0. The van der Waals surface area contributed by atoms with E-state index in [1.54, 1.807) is 31.4 Å². The molecule has 2 amide bonds. The Hall–Kier alpha value is -3.55. The zero-order chi connectivity index (χ0) is 22.4. The second-order valence-corrected chi connectivity index (χ2v) is 8.75. The third kappa shape index (κ3) is 3.36. The zero-order valence-electron chi connectivity index (χ0n) is 18.5. The van der Waals surface area contributed by atoms with Crippen LogP contribution in [0.5, 0.6) is 0 Å². The summed E-state index contributed by atoms with van der Waals surface area (Å²) in [6, 6.07) is 9.95. The van der Waals surface area contributed by atoms with Gasteiger partial charge in [-0.05, 0) is 19.8 Å². The molecule has 0 saturated carbocycles. The lowest BCUT2D eigenvalue weighted by molar-refractivity contribution is 0.0659. The van der Waals surface area contributed by atoms with Crippen LogP contribution in [-0.4, -0.2) is 67.3 Å². The van der Waals surface area contributed by atoms with Gasteiger partial charge in [0.1, 0.15) is 17.2 Å². The van der Waals surface area contributed by atoms with Gasteiger partial charge in [-0.15, -0.1) is 0 Å². The monoisotopic (exact) mass is 430 g/mol. The van der Waals surface area contributed by atoms with E-state index in [4.69, 9.17) is 4.98 Å². The van der Waals surface area contributed by atoms with Gasteiger partial charge in [0.2, 0.25) is 0 Å². The van der Waals surface area contributed by atoms with Crippen LogP contribution in [0.3, 0.4) is 0 Å². The normalized spacial score (nSPS) is 19.4. The Morgan fingerprint density at radius 1 is 1.03 bits per heavy atom. The molecule has 3 aromatic rings. The maximum atomic E-state index is 13.4. The number of amides is 2. The number of hydrogen-bond acceptors (Lipinski definition) is 5. The summed E-state index contributed by atoms with van der Waals surface area (Å²) in [4.78, 5) is 43.3. The first kappa shape index (κ1) is 20.4. The van der Waals surface area contributed by atoms with Gasteiger partial charge >= 0.3 is 0 Å². The van der Waals surface area contributed by atoms with Crippen molar-refractivity contribution in [3.05, 3.63) is 65.5 Å². The van der Waals surface area contributed by atoms with Gasteiger partial charge in [0, 0.05) is 44.9 Å². The summed E-state index contributed by atoms with van der Waals surface area (Å²) in [6.45, 7) is 2.46. The minimum absolute atomic E-state index is 0.00545. The summed E-state index contributed by atoms with van der Waals surface area (Å²) >= 11 is 0. The summed E-state index contributed by atoms with van der Waals surface area (Å²) in [5.41, 5.74) is 3.49. The molecule has 0 unspecified atom stereocenters. The smallest absolute Gasteiger partial charge is 0.274 e. The summed E-state index contributed by atoms with van der Waals surface area (Å²) in [5.74, 6) is 0.572. The fraction of sp³-hybridized carbons (Fsp3) is 0.375. The molecule has 5 rings (SSSR count). The molecular formula is C24H26N6O2. The lowest BCUT2D eigenvalue weighted by Crippen LogP contribution is -2.42. The van der Waals surface area contributed by atoms with Crippen molar-refractivity contribution in [2.24, 2.45) is 0 Å². The number of benzene rings is 1. The molecule has 0 spiro atoms. The molecule has 2 atom stereocenters. The highest BCUT2D eigenvalue weighted by molar-refractivity contribution is 5.95. The number of imidazole rings is 1. The third-order valence-corrected chi connectivity index (χ3v) is 6.39. The Balaban J connectivity index is 1.58. The average Bonchev–Trinajstić information content (AvgIpc) is 3.29. The summed E-state index contributed by atoms with van der Waals surface area (Å²) in [7, 11) is 3.48. The SMILES string of the molecule is Cc1cnc(C(=O)N2[C@@H]3CC[C@H]2Cc2c(C(=O)N(C)C)nc(-c4ccccc4)n2C3)cn1. The number of fused-ring (bicyclic) bond motifs is 3. The molecule has 0 aliphatic carbocycles. The molecule has 164 valence electrons. The number of carbonyl (C=O) groups is 2. The van der Waals surface area contributed by atoms with Crippen molar-refractivity contribution >= 4 is 11.8 Å². The topological polar surface area (TPSA) is 84.2 Å². The number of aryl methyl sites for hydroxylation is 1. The van der Waals surface area contributed by atoms with Crippen LogP contribution in [0.1, 0.15) is 45.2 Å². The van der Waals surface area contributed by atoms with Crippen LogP contribution >= 0.6 is 0 Å². The third-order valence-electron chi connectivity index (χ3n) is 6.39. The molecule has 32 heavy (non-hydrogen) atoms. The van der Waals surface area contributed by atoms with Crippen molar-refractivity contribution in [1.29, 1.82) is 0 Å². The van der Waals surface area contributed by atoms with Gasteiger partial charge in [-0.25, -0.2) is 9.97 Å². The largest absolute Gasteiger partial charge is 0.343 e. The Morgan fingerprint density at radius 3 is 2.47 bits per heavy atom. The van der Waals surface area contributed by atoms with Crippen LogP contribution in [0.15, 0.2) is 42.7 Å². The van der Waals surface area contributed by atoms with Gasteiger partial charge in [0.15, 0.2) is 0 Å². The number of nitrogens with zero attached hydrogens (tertiary/aromatic N) is 6. The first-order valence-electron chi connectivity index (χ1n) is 10.9. The maximum Gasteiger partial charge on any atom is 0.274 e. The van der Waals surface area contributed by atoms with Crippen molar-refractivity contribution in [3.63, 3.8) is 0 Å². The molecule has 2 aliphatic rings. The fourth-order valence-electron chi connectivity index (χ4n) is 4.82. The van der Waals surface area contributed by atoms with E-state index in [0.29, 0.717) is 24.4 Å². The molecule has 0 N–H and O–H groups in total. The highest BCUT2D eigenvalue weighted by Gasteiger charge is 2.43. The lowest BCUT2D eigenvalue weighted by Gasteiger charge is -2.27. The van der Waals surface area contributed by atoms with Crippen LogP contribution in [0.4, 0.5) is 0 Å². The first-order chi connectivity index (χ1) is 15.4. The highest BCUT2D eigenvalue weighted by atomic mass is 16.2. The predicted molar refractivity (Wildman–Crippen MR) is 119 cm³/mol. The molecule has 1 aromatic carbocycles. The van der Waals surface area contributed by atoms with E-state index in [1.807, 2.05) is 42.2 Å². The van der Waals surface area contributed by atoms with Gasteiger partial charge in [0.25, 0.3) is 11.8 Å². The second-order valence-electron chi connectivity index (χ2n) is 8.75. The first-order valence-corrected chi connectivity index (χ1v) is 10.9. The molecule has 2 aliphatic heterocycles. The number of hydrogen-bond donors (Lipinski definition) is 0. The molecule has 4 heterocycles. The van der Waals surface area contributed by atoms with E-state index in [9.17, 15) is 9.59 Å². The molecule has 1 fully saturated rings. The predicted octanol–water partition coefficient (Wildman–Crippen LogP) is 2.58. The van der Waals surface area contributed by atoms with Crippen molar-refractivity contribution in [2.75, 3.05) is 14.1 Å². The average molecular weight is 431 g/mol. The summed E-state index contributed by atoms with van der Waals surface area (Å²) in [5, 5.41) is 0. The minimum Gasteiger partial charge on any atom is -0.343 e. The van der Waals surface area contributed by atoms with Gasteiger partial charge in [0.05, 0.1) is 23.6 Å². The van der Waals surface area contributed by atoms with Gasteiger partial charge in [-0.1, -0.05) is 30.3 Å². The molecule has 1 saturated heterocycles. The number of aromatic nitrogens is 4.